The number of carbonyl (C=O) groups is 2. The maximum absolute atomic E-state index is 13.0. The zero-order valence-corrected chi connectivity index (χ0v) is 12.2. The summed E-state index contributed by atoms with van der Waals surface area (Å²) in [6.45, 7) is 4.26. The number of carbonyl (C=O) groups excluding carboxylic acids is 2. The molecule has 2 amide bonds. The Bertz CT molecular complexity index is 398. The monoisotopic (exact) mass is 280 g/mol. The molecule has 0 aromatic carbocycles. The number of amides is 2. The van der Waals surface area contributed by atoms with Crippen LogP contribution in [-0.4, -0.2) is 48.1 Å². The Balaban J connectivity index is 1.81. The van der Waals surface area contributed by atoms with Crippen molar-refractivity contribution in [1.29, 1.82) is 0 Å². The number of rotatable bonds is 2. The molecular formula is C15H24N2O3. The van der Waals surface area contributed by atoms with Crippen molar-refractivity contribution in [2.24, 2.45) is 5.92 Å². The molecule has 5 nitrogen and oxygen atoms in total. The molecule has 0 radical (unpaired) electrons. The van der Waals surface area contributed by atoms with Gasteiger partial charge in [0.1, 0.15) is 5.54 Å². The average Bonchev–Trinajstić information content (AvgIpc) is 3.04. The van der Waals surface area contributed by atoms with Gasteiger partial charge in [0.2, 0.25) is 11.8 Å². The number of ether oxygens (including phenoxy) is 1. The van der Waals surface area contributed by atoms with E-state index in [1.807, 2.05) is 11.8 Å². The second kappa shape index (κ2) is 5.35. The quantitative estimate of drug-likeness (QED) is 0.823. The first kappa shape index (κ1) is 13.9. The minimum absolute atomic E-state index is 0.0110. The van der Waals surface area contributed by atoms with Gasteiger partial charge in [0.15, 0.2) is 0 Å². The van der Waals surface area contributed by atoms with Gasteiger partial charge in [0, 0.05) is 31.5 Å². The molecule has 112 valence electrons. The summed E-state index contributed by atoms with van der Waals surface area (Å²) in [6.07, 6.45) is 5.08. The van der Waals surface area contributed by atoms with Gasteiger partial charge in [-0.25, -0.2) is 0 Å². The van der Waals surface area contributed by atoms with Crippen LogP contribution in [0, 0.1) is 5.92 Å². The van der Waals surface area contributed by atoms with Crippen LogP contribution in [0.25, 0.3) is 0 Å². The first-order valence-electron chi connectivity index (χ1n) is 7.80. The van der Waals surface area contributed by atoms with E-state index >= 15 is 0 Å². The predicted octanol–water partition coefficient (Wildman–Crippen LogP) is 1.07. The van der Waals surface area contributed by atoms with E-state index in [1.165, 1.54) is 0 Å². The van der Waals surface area contributed by atoms with Crippen LogP contribution < -0.4 is 5.32 Å². The zero-order chi connectivity index (χ0) is 14.2. The molecule has 3 aliphatic rings. The van der Waals surface area contributed by atoms with Crippen LogP contribution in [0.5, 0.6) is 0 Å². The van der Waals surface area contributed by atoms with Crippen molar-refractivity contribution in [3.05, 3.63) is 0 Å². The Morgan fingerprint density at radius 1 is 1.35 bits per heavy atom. The third kappa shape index (κ3) is 2.43. The Hall–Kier alpha value is -1.10. The highest BCUT2D eigenvalue weighted by molar-refractivity contribution is 5.94. The molecule has 2 aliphatic heterocycles. The largest absolute Gasteiger partial charge is 0.381 e. The molecule has 1 saturated carbocycles. The van der Waals surface area contributed by atoms with Gasteiger partial charge < -0.3 is 15.0 Å². The molecule has 0 aromatic heterocycles. The van der Waals surface area contributed by atoms with Gasteiger partial charge in [0.05, 0.1) is 6.61 Å². The van der Waals surface area contributed by atoms with E-state index in [4.69, 9.17) is 4.74 Å². The second-order valence-corrected chi connectivity index (χ2v) is 6.58. The summed E-state index contributed by atoms with van der Waals surface area (Å²) in [6, 6.07) is -0.0110. The molecule has 2 saturated heterocycles. The van der Waals surface area contributed by atoms with E-state index < -0.39 is 5.54 Å². The number of hydrogen-bond donors (Lipinski definition) is 1. The number of nitrogens with one attached hydrogen (secondary N) is 1. The molecule has 1 spiro atoms. The summed E-state index contributed by atoms with van der Waals surface area (Å²) in [5.74, 6) is 0.589. The molecule has 3 rings (SSSR count). The lowest BCUT2D eigenvalue weighted by molar-refractivity contribution is -0.140. The van der Waals surface area contributed by atoms with E-state index in [-0.39, 0.29) is 17.9 Å². The van der Waals surface area contributed by atoms with Crippen molar-refractivity contribution < 1.29 is 14.3 Å². The maximum atomic E-state index is 13.0. The Labute approximate surface area is 120 Å². The lowest BCUT2D eigenvalue weighted by Crippen LogP contribution is -2.56. The predicted molar refractivity (Wildman–Crippen MR) is 74.1 cm³/mol. The number of hydrogen-bond acceptors (Lipinski definition) is 3. The van der Waals surface area contributed by atoms with E-state index in [2.05, 4.69) is 5.32 Å². The summed E-state index contributed by atoms with van der Waals surface area (Å²) in [4.78, 5) is 27.0. The molecule has 1 N–H and O–H groups in total. The van der Waals surface area contributed by atoms with Gasteiger partial charge in [-0.3, -0.25) is 9.59 Å². The highest BCUT2D eigenvalue weighted by Crippen LogP contribution is 2.34. The maximum Gasteiger partial charge on any atom is 0.248 e. The van der Waals surface area contributed by atoms with E-state index in [0.29, 0.717) is 12.3 Å². The van der Waals surface area contributed by atoms with Crippen LogP contribution in [-0.2, 0) is 14.3 Å². The number of nitrogens with zero attached hydrogens (tertiary/aromatic N) is 1. The molecule has 2 atom stereocenters. The first-order chi connectivity index (χ1) is 9.61. The first-order valence-corrected chi connectivity index (χ1v) is 7.80. The minimum atomic E-state index is -0.610. The summed E-state index contributed by atoms with van der Waals surface area (Å²) in [5.41, 5.74) is -0.610. The molecule has 20 heavy (non-hydrogen) atoms. The van der Waals surface area contributed by atoms with Crippen LogP contribution in [0.1, 0.15) is 45.4 Å². The molecule has 0 aromatic rings. The Morgan fingerprint density at radius 3 is 2.75 bits per heavy atom. The Morgan fingerprint density at radius 2 is 2.10 bits per heavy atom. The molecule has 2 heterocycles. The van der Waals surface area contributed by atoms with Crippen LogP contribution in [0.3, 0.4) is 0 Å². The lowest BCUT2D eigenvalue weighted by Gasteiger charge is -2.35. The molecule has 1 aliphatic carbocycles. The van der Waals surface area contributed by atoms with Crippen molar-refractivity contribution >= 4 is 11.8 Å². The van der Waals surface area contributed by atoms with Crippen molar-refractivity contribution in [2.75, 3.05) is 19.8 Å². The van der Waals surface area contributed by atoms with Crippen LogP contribution in [0.2, 0.25) is 0 Å². The fourth-order valence-corrected chi connectivity index (χ4v) is 3.81. The van der Waals surface area contributed by atoms with Gasteiger partial charge in [-0.2, -0.15) is 0 Å². The van der Waals surface area contributed by atoms with E-state index in [1.54, 1.807) is 0 Å². The summed E-state index contributed by atoms with van der Waals surface area (Å²) < 4.78 is 5.42. The van der Waals surface area contributed by atoms with Crippen LogP contribution in [0.15, 0.2) is 0 Å². The molecule has 0 bridgehead atoms. The fourth-order valence-electron chi connectivity index (χ4n) is 3.81. The summed E-state index contributed by atoms with van der Waals surface area (Å²) >= 11 is 0. The highest BCUT2D eigenvalue weighted by atomic mass is 16.5. The van der Waals surface area contributed by atoms with Crippen LogP contribution in [0.4, 0.5) is 0 Å². The molecular weight excluding hydrogens is 256 g/mol. The fraction of sp³-hybridized carbons (Fsp3) is 0.867. The molecule has 3 fully saturated rings. The third-order valence-electron chi connectivity index (χ3n) is 5.00. The van der Waals surface area contributed by atoms with Gasteiger partial charge in [0.25, 0.3) is 0 Å². The zero-order valence-electron chi connectivity index (χ0n) is 12.2. The molecule has 2 unspecified atom stereocenters. The highest BCUT2D eigenvalue weighted by Gasteiger charge is 2.48. The van der Waals surface area contributed by atoms with Crippen molar-refractivity contribution in [2.45, 2.75) is 57.0 Å². The van der Waals surface area contributed by atoms with E-state index in [0.717, 1.165) is 51.9 Å². The SMILES string of the molecule is CC1CC(=O)NC2(CCCC2)C(=O)N1CC1CCOC1. The summed E-state index contributed by atoms with van der Waals surface area (Å²) in [5, 5.41) is 3.03. The standard InChI is InChI=1S/C15H24N2O3/c1-11-8-13(18)16-15(5-2-3-6-15)14(19)17(11)9-12-4-7-20-10-12/h11-12H,2-10H2,1H3,(H,16,18). The van der Waals surface area contributed by atoms with Crippen molar-refractivity contribution in [3.8, 4) is 0 Å². The van der Waals surface area contributed by atoms with Crippen molar-refractivity contribution in [1.82, 2.24) is 10.2 Å². The second-order valence-electron chi connectivity index (χ2n) is 6.58. The minimum Gasteiger partial charge on any atom is -0.381 e. The smallest absolute Gasteiger partial charge is 0.248 e. The van der Waals surface area contributed by atoms with Crippen molar-refractivity contribution in [3.63, 3.8) is 0 Å². The third-order valence-corrected chi connectivity index (χ3v) is 5.00. The average molecular weight is 280 g/mol. The lowest BCUT2D eigenvalue weighted by atomic mass is 9.95. The van der Waals surface area contributed by atoms with E-state index in [9.17, 15) is 9.59 Å². The van der Waals surface area contributed by atoms with Gasteiger partial charge >= 0.3 is 0 Å². The van der Waals surface area contributed by atoms with Gasteiger partial charge in [-0.15, -0.1) is 0 Å². The topological polar surface area (TPSA) is 58.6 Å². The van der Waals surface area contributed by atoms with Crippen LogP contribution >= 0.6 is 0 Å². The Kier molecular flexibility index (Phi) is 3.71. The summed E-state index contributed by atoms with van der Waals surface area (Å²) in [7, 11) is 0. The van der Waals surface area contributed by atoms with Gasteiger partial charge in [-0.1, -0.05) is 12.8 Å². The normalized spacial score (nSPS) is 33.5. The molecule has 5 heteroatoms. The van der Waals surface area contributed by atoms with Gasteiger partial charge in [-0.05, 0) is 26.2 Å².